The monoisotopic (exact) mass is 386 g/mol. The van der Waals surface area contributed by atoms with E-state index in [0.29, 0.717) is 26.2 Å². The van der Waals surface area contributed by atoms with Gasteiger partial charge in [-0.2, -0.15) is 15.6 Å². The van der Waals surface area contributed by atoms with Crippen LogP contribution in [0.1, 0.15) is 15.2 Å². The Morgan fingerprint density at radius 1 is 1.21 bits per heavy atom. The SMILES string of the molecule is COC(=O)c1sccc1S(=O)(=O)N1CCN(Cc2ccsc2)CC1. The van der Waals surface area contributed by atoms with Gasteiger partial charge in [0.2, 0.25) is 10.0 Å². The minimum absolute atomic E-state index is 0.0469. The summed E-state index contributed by atoms with van der Waals surface area (Å²) in [5.74, 6) is -0.611. The quantitative estimate of drug-likeness (QED) is 0.736. The van der Waals surface area contributed by atoms with Crippen LogP contribution in [0.15, 0.2) is 33.2 Å². The van der Waals surface area contributed by atoms with Crippen molar-refractivity contribution in [3.63, 3.8) is 0 Å². The van der Waals surface area contributed by atoms with Gasteiger partial charge < -0.3 is 4.74 Å². The first-order valence-corrected chi connectivity index (χ1v) is 10.7. The normalized spacial score (nSPS) is 17.0. The van der Waals surface area contributed by atoms with E-state index >= 15 is 0 Å². The Bertz CT molecular complexity index is 791. The average Bonchev–Trinajstić information content (AvgIpc) is 3.26. The first kappa shape index (κ1) is 17.6. The molecule has 1 aliphatic heterocycles. The molecule has 1 fully saturated rings. The molecule has 0 spiro atoms. The number of methoxy groups -OCH3 is 1. The highest BCUT2D eigenvalue weighted by Crippen LogP contribution is 2.27. The molecule has 130 valence electrons. The lowest BCUT2D eigenvalue weighted by Crippen LogP contribution is -2.48. The summed E-state index contributed by atoms with van der Waals surface area (Å²) in [6.45, 7) is 3.02. The molecule has 0 aliphatic carbocycles. The van der Waals surface area contributed by atoms with Crippen LogP contribution in [0.4, 0.5) is 0 Å². The number of thiophene rings is 2. The molecule has 3 rings (SSSR count). The number of piperazine rings is 1. The van der Waals surface area contributed by atoms with Gasteiger partial charge in [-0.05, 0) is 33.8 Å². The van der Waals surface area contributed by atoms with Crippen LogP contribution in [-0.4, -0.2) is 56.9 Å². The molecule has 9 heteroatoms. The maximum absolute atomic E-state index is 12.8. The maximum atomic E-state index is 12.8. The molecule has 0 amide bonds. The average molecular weight is 387 g/mol. The Labute approximate surface area is 149 Å². The second-order valence-corrected chi connectivity index (χ2v) is 9.02. The van der Waals surface area contributed by atoms with Gasteiger partial charge in [-0.25, -0.2) is 13.2 Å². The minimum Gasteiger partial charge on any atom is -0.465 e. The van der Waals surface area contributed by atoms with Gasteiger partial charge in [0.1, 0.15) is 9.77 Å². The van der Waals surface area contributed by atoms with Crippen molar-refractivity contribution in [3.8, 4) is 0 Å². The molecule has 0 aromatic carbocycles. The summed E-state index contributed by atoms with van der Waals surface area (Å²) in [5, 5.41) is 5.75. The number of sulfonamides is 1. The number of carbonyl (C=O) groups excluding carboxylic acids is 1. The van der Waals surface area contributed by atoms with Gasteiger partial charge in [0.25, 0.3) is 0 Å². The third-order valence-electron chi connectivity index (χ3n) is 3.94. The van der Waals surface area contributed by atoms with Crippen molar-refractivity contribution in [3.05, 3.63) is 38.7 Å². The summed E-state index contributed by atoms with van der Waals surface area (Å²) in [7, 11) is -2.42. The number of hydrogen-bond donors (Lipinski definition) is 0. The third-order valence-corrected chi connectivity index (χ3v) is 7.63. The first-order chi connectivity index (χ1) is 11.5. The van der Waals surface area contributed by atoms with Crippen LogP contribution in [0.5, 0.6) is 0 Å². The zero-order valence-corrected chi connectivity index (χ0v) is 15.6. The predicted molar refractivity (Wildman–Crippen MR) is 94.0 cm³/mol. The van der Waals surface area contributed by atoms with E-state index in [4.69, 9.17) is 0 Å². The molecule has 1 aliphatic rings. The van der Waals surface area contributed by atoms with Crippen molar-refractivity contribution in [1.29, 1.82) is 0 Å². The molecule has 0 radical (unpaired) electrons. The van der Waals surface area contributed by atoms with Gasteiger partial charge in [0, 0.05) is 32.7 Å². The number of carbonyl (C=O) groups is 1. The van der Waals surface area contributed by atoms with Gasteiger partial charge in [0.05, 0.1) is 7.11 Å². The molecular weight excluding hydrogens is 368 g/mol. The lowest BCUT2D eigenvalue weighted by molar-refractivity contribution is 0.0602. The molecule has 0 bridgehead atoms. The summed E-state index contributed by atoms with van der Waals surface area (Å²) < 4.78 is 31.8. The standard InChI is InChI=1S/C15H18N2O4S3/c1-21-15(18)14-13(3-9-23-14)24(19,20)17-6-4-16(5-7-17)10-12-2-8-22-11-12/h2-3,8-9,11H,4-7,10H2,1H3. The van der Waals surface area contributed by atoms with Crippen LogP contribution in [0.25, 0.3) is 0 Å². The molecule has 0 unspecified atom stereocenters. The largest absolute Gasteiger partial charge is 0.465 e. The molecule has 24 heavy (non-hydrogen) atoms. The van der Waals surface area contributed by atoms with E-state index in [1.165, 1.54) is 23.0 Å². The van der Waals surface area contributed by atoms with Crippen LogP contribution in [0, 0.1) is 0 Å². The van der Waals surface area contributed by atoms with Crippen molar-refractivity contribution in [2.24, 2.45) is 0 Å². The molecular formula is C15H18N2O4S3. The lowest BCUT2D eigenvalue weighted by Gasteiger charge is -2.33. The summed E-state index contributed by atoms with van der Waals surface area (Å²) in [5.41, 5.74) is 1.25. The van der Waals surface area contributed by atoms with Gasteiger partial charge in [0.15, 0.2) is 0 Å². The molecule has 2 aromatic rings. The number of hydrogen-bond acceptors (Lipinski definition) is 7. The summed E-state index contributed by atoms with van der Waals surface area (Å²) >= 11 is 2.75. The third kappa shape index (κ3) is 3.55. The predicted octanol–water partition coefficient (Wildman–Crippen LogP) is 2.10. The highest BCUT2D eigenvalue weighted by Gasteiger charge is 2.32. The van der Waals surface area contributed by atoms with Gasteiger partial charge in [-0.1, -0.05) is 0 Å². The maximum Gasteiger partial charge on any atom is 0.349 e. The number of nitrogens with zero attached hydrogens (tertiary/aromatic N) is 2. The lowest BCUT2D eigenvalue weighted by atomic mass is 10.3. The smallest absolute Gasteiger partial charge is 0.349 e. The molecule has 1 saturated heterocycles. The summed E-state index contributed by atoms with van der Waals surface area (Å²) in [6.07, 6.45) is 0. The molecule has 0 saturated carbocycles. The van der Waals surface area contributed by atoms with Crippen molar-refractivity contribution < 1.29 is 17.9 Å². The number of rotatable bonds is 5. The Balaban J connectivity index is 1.69. The zero-order chi connectivity index (χ0) is 17.2. The van der Waals surface area contributed by atoms with Gasteiger partial charge in [-0.15, -0.1) is 11.3 Å². The Morgan fingerprint density at radius 3 is 2.58 bits per heavy atom. The van der Waals surface area contributed by atoms with Gasteiger partial charge in [-0.3, -0.25) is 4.90 Å². The van der Waals surface area contributed by atoms with Crippen molar-refractivity contribution >= 4 is 38.7 Å². The van der Waals surface area contributed by atoms with Crippen molar-refractivity contribution in [1.82, 2.24) is 9.21 Å². The molecule has 2 aromatic heterocycles. The van der Waals surface area contributed by atoms with E-state index in [0.717, 1.165) is 17.9 Å². The summed E-state index contributed by atoms with van der Waals surface area (Å²) in [6, 6.07) is 3.56. The second-order valence-electron chi connectivity index (χ2n) is 5.42. The van der Waals surface area contributed by atoms with Crippen LogP contribution < -0.4 is 0 Å². The molecule has 0 N–H and O–H groups in total. The Morgan fingerprint density at radius 2 is 1.96 bits per heavy atom. The van der Waals surface area contributed by atoms with Crippen LogP contribution >= 0.6 is 22.7 Å². The number of esters is 1. The van der Waals surface area contributed by atoms with Crippen LogP contribution in [-0.2, 0) is 21.3 Å². The highest BCUT2D eigenvalue weighted by atomic mass is 32.2. The highest BCUT2D eigenvalue weighted by molar-refractivity contribution is 7.89. The van der Waals surface area contributed by atoms with E-state index in [1.807, 2.05) is 5.38 Å². The van der Waals surface area contributed by atoms with E-state index < -0.39 is 16.0 Å². The molecule has 6 nitrogen and oxygen atoms in total. The van der Waals surface area contributed by atoms with Crippen LogP contribution in [0.2, 0.25) is 0 Å². The Kier molecular flexibility index (Phi) is 5.36. The fourth-order valence-electron chi connectivity index (χ4n) is 2.65. The second kappa shape index (κ2) is 7.32. The van der Waals surface area contributed by atoms with Crippen molar-refractivity contribution in [2.75, 3.05) is 33.3 Å². The van der Waals surface area contributed by atoms with E-state index in [2.05, 4.69) is 21.1 Å². The van der Waals surface area contributed by atoms with Gasteiger partial charge >= 0.3 is 5.97 Å². The van der Waals surface area contributed by atoms with Crippen molar-refractivity contribution in [2.45, 2.75) is 11.4 Å². The molecule has 3 heterocycles. The topological polar surface area (TPSA) is 66.9 Å². The van der Waals surface area contributed by atoms with E-state index in [-0.39, 0.29) is 9.77 Å². The fourth-order valence-corrected chi connectivity index (χ4v) is 6.04. The zero-order valence-electron chi connectivity index (χ0n) is 13.2. The van der Waals surface area contributed by atoms with Crippen LogP contribution in [0.3, 0.4) is 0 Å². The Hall–Kier alpha value is -1.26. The summed E-state index contributed by atoms with van der Waals surface area (Å²) in [4.78, 5) is 14.2. The van der Waals surface area contributed by atoms with E-state index in [1.54, 1.807) is 16.7 Å². The fraction of sp³-hybridized carbons (Fsp3) is 0.400. The molecule has 0 atom stereocenters. The number of ether oxygens (including phenoxy) is 1. The van der Waals surface area contributed by atoms with E-state index in [9.17, 15) is 13.2 Å². The first-order valence-electron chi connectivity index (χ1n) is 7.42. The minimum atomic E-state index is -3.67.